The van der Waals surface area contributed by atoms with E-state index >= 15 is 0 Å². The van der Waals surface area contributed by atoms with E-state index in [-0.39, 0.29) is 12.6 Å². The summed E-state index contributed by atoms with van der Waals surface area (Å²) in [5.41, 5.74) is 1.96. The van der Waals surface area contributed by atoms with Gasteiger partial charge < -0.3 is 15.4 Å². The number of ether oxygens (including phenoxy) is 1. The Morgan fingerprint density at radius 3 is 2.50 bits per heavy atom. The highest BCUT2D eigenvalue weighted by atomic mass is 32.2. The van der Waals surface area contributed by atoms with Gasteiger partial charge in [-0.05, 0) is 45.4 Å². The molecule has 0 spiro atoms. The van der Waals surface area contributed by atoms with Crippen LogP contribution in [0, 0.1) is 6.92 Å². The average Bonchev–Trinajstić information content (AvgIpc) is 3.00. The van der Waals surface area contributed by atoms with E-state index in [9.17, 15) is 18.0 Å². The zero-order chi connectivity index (χ0) is 23.3. The van der Waals surface area contributed by atoms with Gasteiger partial charge in [0.1, 0.15) is 0 Å². The lowest BCUT2D eigenvalue weighted by molar-refractivity contribution is -0.139. The van der Waals surface area contributed by atoms with Crippen LogP contribution in [-0.4, -0.2) is 75.0 Å². The van der Waals surface area contributed by atoms with E-state index in [0.717, 1.165) is 5.56 Å². The molecule has 0 bridgehead atoms. The lowest BCUT2D eigenvalue weighted by Crippen LogP contribution is -2.52. The van der Waals surface area contributed by atoms with Crippen molar-refractivity contribution in [1.29, 1.82) is 0 Å². The zero-order valence-electron chi connectivity index (χ0n) is 18.9. The van der Waals surface area contributed by atoms with E-state index < -0.39 is 22.0 Å². The lowest BCUT2D eigenvalue weighted by Gasteiger charge is -2.31. The number of hydrogen-bond donors (Lipinski definition) is 2. The highest BCUT2D eigenvalue weighted by molar-refractivity contribution is 7.89. The number of nitrogens with zero attached hydrogens (tertiary/aromatic N) is 2. The maximum atomic E-state index is 13.1. The Labute approximate surface area is 189 Å². The standard InChI is InChI=1S/C22H32N4O5S/c1-4-18-20(21(27)31-5-2)19(24-22(28)23-18)15-25-11-6-12-26(14-13-25)32(29,30)17-9-7-16(3)8-10-17/h7-10,18H,4-6,11-15H2,1-3H3,(H2,23,24,28)/t18-/m0/s1. The van der Waals surface area contributed by atoms with Gasteiger partial charge in [0.2, 0.25) is 10.0 Å². The number of sulfonamides is 1. The van der Waals surface area contributed by atoms with Crippen LogP contribution in [0.1, 0.15) is 32.3 Å². The Morgan fingerprint density at radius 2 is 1.84 bits per heavy atom. The lowest BCUT2D eigenvalue weighted by atomic mass is 10.00. The van der Waals surface area contributed by atoms with Crippen molar-refractivity contribution < 1.29 is 22.7 Å². The predicted molar refractivity (Wildman–Crippen MR) is 120 cm³/mol. The third kappa shape index (κ3) is 5.48. The third-order valence-corrected chi connectivity index (χ3v) is 7.65. The number of rotatable bonds is 7. The summed E-state index contributed by atoms with van der Waals surface area (Å²) in [7, 11) is -3.57. The Kier molecular flexibility index (Phi) is 7.91. The van der Waals surface area contributed by atoms with Crippen LogP contribution in [0.2, 0.25) is 0 Å². The van der Waals surface area contributed by atoms with E-state index in [1.165, 1.54) is 4.31 Å². The van der Waals surface area contributed by atoms with Crippen LogP contribution in [0.25, 0.3) is 0 Å². The van der Waals surface area contributed by atoms with Crippen LogP contribution >= 0.6 is 0 Å². The van der Waals surface area contributed by atoms with E-state index in [1.807, 2.05) is 13.8 Å². The largest absolute Gasteiger partial charge is 0.463 e. The molecule has 0 aromatic heterocycles. The normalized spacial score (nSPS) is 21.0. The zero-order valence-corrected chi connectivity index (χ0v) is 19.7. The fourth-order valence-corrected chi connectivity index (χ4v) is 5.48. The topological polar surface area (TPSA) is 108 Å². The highest BCUT2D eigenvalue weighted by Crippen LogP contribution is 2.21. The van der Waals surface area contributed by atoms with Crippen molar-refractivity contribution in [3.05, 3.63) is 41.1 Å². The summed E-state index contributed by atoms with van der Waals surface area (Å²) in [5.74, 6) is -0.444. The Morgan fingerprint density at radius 1 is 1.12 bits per heavy atom. The van der Waals surface area contributed by atoms with Crippen molar-refractivity contribution >= 4 is 22.0 Å². The maximum absolute atomic E-state index is 13.1. The first kappa shape index (κ1) is 24.2. The molecule has 32 heavy (non-hydrogen) atoms. The van der Waals surface area contributed by atoms with Crippen molar-refractivity contribution in [3.63, 3.8) is 0 Å². The monoisotopic (exact) mass is 464 g/mol. The second-order valence-corrected chi connectivity index (χ2v) is 9.96. The van der Waals surface area contributed by atoms with Crippen molar-refractivity contribution in [3.8, 4) is 0 Å². The SMILES string of the molecule is CCOC(=O)C1=C(CN2CCCN(S(=O)(=O)c3ccc(C)cc3)CC2)NC(=O)N[C@H]1CC. The van der Waals surface area contributed by atoms with Crippen LogP contribution in [0.5, 0.6) is 0 Å². The van der Waals surface area contributed by atoms with Gasteiger partial charge in [0.15, 0.2) is 0 Å². The molecule has 10 heteroatoms. The third-order valence-electron chi connectivity index (χ3n) is 5.73. The average molecular weight is 465 g/mol. The fraction of sp³-hybridized carbons (Fsp3) is 0.545. The number of aryl methyl sites for hydroxylation is 1. The molecule has 1 aromatic carbocycles. The van der Waals surface area contributed by atoms with Gasteiger partial charge in [-0.25, -0.2) is 18.0 Å². The van der Waals surface area contributed by atoms with Crippen molar-refractivity contribution in [2.45, 2.75) is 44.6 Å². The molecule has 176 valence electrons. The first-order valence-electron chi connectivity index (χ1n) is 11.0. The minimum atomic E-state index is -3.57. The molecule has 2 N–H and O–H groups in total. The molecule has 2 heterocycles. The summed E-state index contributed by atoms with van der Waals surface area (Å²) < 4.78 is 32.8. The van der Waals surface area contributed by atoms with Crippen LogP contribution in [-0.2, 0) is 19.6 Å². The molecule has 2 amide bonds. The van der Waals surface area contributed by atoms with E-state index in [2.05, 4.69) is 15.5 Å². The van der Waals surface area contributed by atoms with Gasteiger partial charge in [0, 0.05) is 31.9 Å². The van der Waals surface area contributed by atoms with Crippen LogP contribution in [0.15, 0.2) is 40.4 Å². The quantitative estimate of drug-likeness (QED) is 0.594. The summed E-state index contributed by atoms with van der Waals surface area (Å²) >= 11 is 0. The van der Waals surface area contributed by atoms with Crippen molar-refractivity contribution in [2.24, 2.45) is 0 Å². The smallest absolute Gasteiger partial charge is 0.337 e. The first-order chi connectivity index (χ1) is 15.3. The number of benzene rings is 1. The summed E-state index contributed by atoms with van der Waals surface area (Å²) in [5, 5.41) is 5.53. The van der Waals surface area contributed by atoms with Crippen molar-refractivity contribution in [2.75, 3.05) is 39.3 Å². The van der Waals surface area contributed by atoms with Crippen LogP contribution in [0.4, 0.5) is 4.79 Å². The van der Waals surface area contributed by atoms with Crippen molar-refractivity contribution in [1.82, 2.24) is 19.8 Å². The van der Waals surface area contributed by atoms with Crippen LogP contribution < -0.4 is 10.6 Å². The molecule has 2 aliphatic rings. The Hall–Kier alpha value is -2.43. The second kappa shape index (κ2) is 10.5. The Balaban J connectivity index is 1.76. The second-order valence-electron chi connectivity index (χ2n) is 8.02. The number of carbonyl (C=O) groups excluding carboxylic acids is 2. The summed E-state index contributed by atoms with van der Waals surface area (Å²) in [6.07, 6.45) is 1.21. The number of hydrogen-bond acceptors (Lipinski definition) is 6. The minimum absolute atomic E-state index is 0.246. The Bertz CT molecular complexity index is 975. The van der Waals surface area contributed by atoms with Gasteiger partial charge in [-0.15, -0.1) is 0 Å². The fourth-order valence-electron chi connectivity index (χ4n) is 4.02. The summed E-state index contributed by atoms with van der Waals surface area (Å²) in [4.78, 5) is 27.1. The minimum Gasteiger partial charge on any atom is -0.463 e. The highest BCUT2D eigenvalue weighted by Gasteiger charge is 2.33. The van der Waals surface area contributed by atoms with Gasteiger partial charge in [-0.2, -0.15) is 4.31 Å². The molecule has 0 radical (unpaired) electrons. The molecule has 1 aromatic rings. The molecule has 0 saturated carbocycles. The van der Waals surface area contributed by atoms with E-state index in [0.29, 0.717) is 61.7 Å². The summed E-state index contributed by atoms with van der Waals surface area (Å²) in [6.45, 7) is 8.04. The van der Waals surface area contributed by atoms with Crippen LogP contribution in [0.3, 0.4) is 0 Å². The number of carbonyl (C=O) groups is 2. The molecule has 3 rings (SSSR count). The first-order valence-corrected chi connectivity index (χ1v) is 12.5. The molecular weight excluding hydrogens is 432 g/mol. The van der Waals surface area contributed by atoms with Gasteiger partial charge >= 0.3 is 12.0 Å². The van der Waals surface area contributed by atoms with Gasteiger partial charge in [-0.1, -0.05) is 24.6 Å². The number of esters is 1. The number of amides is 2. The van der Waals surface area contributed by atoms with E-state index in [4.69, 9.17) is 4.74 Å². The molecular formula is C22H32N4O5S. The maximum Gasteiger partial charge on any atom is 0.337 e. The molecule has 1 saturated heterocycles. The molecule has 0 unspecified atom stereocenters. The molecule has 0 aliphatic carbocycles. The number of nitrogens with one attached hydrogen (secondary N) is 2. The molecule has 1 atom stereocenters. The van der Waals surface area contributed by atoms with E-state index in [1.54, 1.807) is 31.2 Å². The molecule has 1 fully saturated rings. The molecule has 2 aliphatic heterocycles. The van der Waals surface area contributed by atoms with Gasteiger partial charge in [0.05, 0.1) is 23.1 Å². The summed E-state index contributed by atoms with van der Waals surface area (Å²) in [6, 6.07) is 6.11. The predicted octanol–water partition coefficient (Wildman–Crippen LogP) is 1.60. The van der Waals surface area contributed by atoms with Gasteiger partial charge in [0.25, 0.3) is 0 Å². The number of urea groups is 1. The molecule has 9 nitrogen and oxygen atoms in total. The van der Waals surface area contributed by atoms with Gasteiger partial charge in [-0.3, -0.25) is 4.90 Å².